The Morgan fingerprint density at radius 1 is 1.05 bits per heavy atom. The molecule has 0 saturated carbocycles. The second-order valence-corrected chi connectivity index (χ2v) is 7.39. The predicted molar refractivity (Wildman–Crippen MR) is 95.5 cm³/mol. The molecule has 0 saturated heterocycles. The van der Waals surface area contributed by atoms with Crippen LogP contribution in [0, 0.1) is 0 Å². The van der Waals surface area contributed by atoms with Gasteiger partial charge in [-0.05, 0) is 41.3 Å². The van der Waals surface area contributed by atoms with Gasteiger partial charge in [0, 0.05) is 16.6 Å². The van der Waals surface area contributed by atoms with Crippen LogP contribution in [-0.4, -0.2) is 10.8 Å². The summed E-state index contributed by atoms with van der Waals surface area (Å²) in [4.78, 5) is 4.72. The van der Waals surface area contributed by atoms with Crippen LogP contribution in [0.1, 0.15) is 16.7 Å². The van der Waals surface area contributed by atoms with Crippen LogP contribution in [0.4, 0.5) is 5.69 Å². The summed E-state index contributed by atoms with van der Waals surface area (Å²) in [5.41, 5.74) is 6.79. The number of hydrogen-bond acceptors (Lipinski definition) is 2. The first-order valence-corrected chi connectivity index (χ1v) is 8.82. The van der Waals surface area contributed by atoms with Crippen LogP contribution in [0.15, 0.2) is 57.5 Å². The predicted octanol–water partition coefficient (Wildman–Crippen LogP) is 5.41. The van der Waals surface area contributed by atoms with Crippen molar-refractivity contribution in [2.45, 2.75) is 12.8 Å². The number of rotatable bonds is 2. The molecule has 104 valence electrons. The van der Waals surface area contributed by atoms with Gasteiger partial charge in [0.05, 0.1) is 10.7 Å². The first-order valence-electron chi connectivity index (χ1n) is 7.04. The number of halogens is 1. The Bertz CT molecular complexity index is 777. The van der Waals surface area contributed by atoms with E-state index in [1.807, 2.05) is 11.8 Å². The van der Waals surface area contributed by atoms with Gasteiger partial charge in [-0.25, -0.2) is 4.99 Å². The van der Waals surface area contributed by atoms with Crippen LogP contribution in [0.5, 0.6) is 0 Å². The zero-order valence-electron chi connectivity index (χ0n) is 11.5. The van der Waals surface area contributed by atoms with Crippen LogP contribution in [0.2, 0.25) is 0 Å². The largest absolute Gasteiger partial charge is 0.246 e. The minimum atomic E-state index is 0.993. The number of aliphatic imine (C=N–C) groups is 1. The van der Waals surface area contributed by atoms with E-state index in [1.165, 1.54) is 31.8 Å². The first kappa shape index (κ1) is 13.4. The van der Waals surface area contributed by atoms with Gasteiger partial charge in [-0.3, -0.25) is 0 Å². The lowest BCUT2D eigenvalue weighted by atomic mass is 10.1. The van der Waals surface area contributed by atoms with Crippen LogP contribution in [-0.2, 0) is 12.8 Å². The number of nitrogens with zero attached hydrogens (tertiary/aromatic N) is 1. The molecule has 0 spiro atoms. The molecule has 1 heterocycles. The maximum absolute atomic E-state index is 4.72. The van der Waals surface area contributed by atoms with Gasteiger partial charge in [0.1, 0.15) is 0 Å². The Morgan fingerprint density at radius 2 is 1.95 bits per heavy atom. The molecule has 21 heavy (non-hydrogen) atoms. The smallest absolute Gasteiger partial charge is 0.0786 e. The summed E-state index contributed by atoms with van der Waals surface area (Å²) in [6, 6.07) is 15.0. The lowest BCUT2D eigenvalue weighted by Gasteiger charge is -2.02. The molecule has 0 N–H and O–H groups in total. The number of para-hydroxylation sites is 1. The summed E-state index contributed by atoms with van der Waals surface area (Å²) in [5.74, 6) is 1.04. The molecule has 0 unspecified atom stereocenters. The quantitative estimate of drug-likeness (QED) is 0.701. The fourth-order valence-corrected chi connectivity index (χ4v) is 4.21. The van der Waals surface area contributed by atoms with Crippen molar-refractivity contribution in [3.63, 3.8) is 0 Å². The summed E-state index contributed by atoms with van der Waals surface area (Å²) in [5, 5.41) is 1.24. The molecule has 0 radical (unpaired) electrons. The third kappa shape index (κ3) is 2.72. The van der Waals surface area contributed by atoms with E-state index in [0.717, 1.165) is 24.3 Å². The SMILES string of the molecule is Brc1ccc2c(c1)CC(CSC1=Nc3ccccc3C1)=C2. The fraction of sp³-hybridized carbons (Fsp3) is 0.167. The summed E-state index contributed by atoms with van der Waals surface area (Å²) in [6.07, 6.45) is 4.39. The van der Waals surface area contributed by atoms with Crippen molar-refractivity contribution in [3.8, 4) is 0 Å². The van der Waals surface area contributed by atoms with Gasteiger partial charge >= 0.3 is 0 Å². The molecule has 1 nitrogen and oxygen atoms in total. The van der Waals surface area contributed by atoms with Crippen molar-refractivity contribution in [1.29, 1.82) is 0 Å². The normalized spacial score (nSPS) is 15.5. The minimum absolute atomic E-state index is 0.993. The molecular formula is C18H14BrNS. The van der Waals surface area contributed by atoms with E-state index in [-0.39, 0.29) is 0 Å². The van der Waals surface area contributed by atoms with E-state index in [1.54, 1.807) is 0 Å². The molecule has 3 heteroatoms. The summed E-state index contributed by atoms with van der Waals surface area (Å²) in [6.45, 7) is 0. The van der Waals surface area contributed by atoms with Gasteiger partial charge in [0.2, 0.25) is 0 Å². The van der Waals surface area contributed by atoms with Crippen molar-refractivity contribution in [3.05, 3.63) is 69.2 Å². The number of thioether (sulfide) groups is 1. The molecular weight excluding hydrogens is 342 g/mol. The van der Waals surface area contributed by atoms with E-state index in [0.29, 0.717) is 0 Å². The van der Waals surface area contributed by atoms with Gasteiger partial charge in [-0.15, -0.1) is 11.8 Å². The number of benzene rings is 2. The van der Waals surface area contributed by atoms with Crippen molar-refractivity contribution in [1.82, 2.24) is 0 Å². The van der Waals surface area contributed by atoms with Gasteiger partial charge in [0.15, 0.2) is 0 Å². The Morgan fingerprint density at radius 3 is 2.86 bits per heavy atom. The van der Waals surface area contributed by atoms with E-state index in [9.17, 15) is 0 Å². The van der Waals surface area contributed by atoms with Gasteiger partial charge in [-0.2, -0.15) is 0 Å². The molecule has 2 aromatic rings. The molecule has 1 aliphatic carbocycles. The standard InChI is InChI=1S/C18H14BrNS/c19-16-6-5-13-7-12(8-15(13)9-16)11-21-18-10-14-3-1-2-4-17(14)20-18/h1-7,9H,8,10-11H2. The highest BCUT2D eigenvalue weighted by atomic mass is 79.9. The Hall–Kier alpha value is -1.32. The van der Waals surface area contributed by atoms with Crippen molar-refractivity contribution in [2.24, 2.45) is 4.99 Å². The zero-order chi connectivity index (χ0) is 14.2. The molecule has 0 aromatic heterocycles. The summed E-state index contributed by atoms with van der Waals surface area (Å²) >= 11 is 5.43. The minimum Gasteiger partial charge on any atom is -0.246 e. The van der Waals surface area contributed by atoms with E-state index in [4.69, 9.17) is 4.99 Å². The van der Waals surface area contributed by atoms with Crippen molar-refractivity contribution < 1.29 is 0 Å². The first-order chi connectivity index (χ1) is 10.3. The third-order valence-corrected chi connectivity index (χ3v) is 5.46. The van der Waals surface area contributed by atoms with Crippen LogP contribution < -0.4 is 0 Å². The highest BCUT2D eigenvalue weighted by molar-refractivity contribution is 9.10. The van der Waals surface area contributed by atoms with Crippen LogP contribution in [0.25, 0.3) is 6.08 Å². The average molecular weight is 356 g/mol. The molecule has 2 aliphatic rings. The second-order valence-electron chi connectivity index (χ2n) is 5.42. The highest BCUT2D eigenvalue weighted by Gasteiger charge is 2.17. The fourth-order valence-electron chi connectivity index (χ4n) is 2.84. The molecule has 0 bridgehead atoms. The highest BCUT2D eigenvalue weighted by Crippen LogP contribution is 2.33. The lowest BCUT2D eigenvalue weighted by Crippen LogP contribution is -1.96. The van der Waals surface area contributed by atoms with Crippen LogP contribution >= 0.6 is 27.7 Å². The molecule has 0 atom stereocenters. The third-order valence-electron chi connectivity index (χ3n) is 3.88. The Labute approximate surface area is 137 Å². The molecule has 2 aromatic carbocycles. The summed E-state index contributed by atoms with van der Waals surface area (Å²) < 4.78 is 1.17. The Kier molecular flexibility index (Phi) is 3.48. The number of hydrogen-bond donors (Lipinski definition) is 0. The van der Waals surface area contributed by atoms with E-state index < -0.39 is 0 Å². The van der Waals surface area contributed by atoms with Gasteiger partial charge in [0.25, 0.3) is 0 Å². The monoisotopic (exact) mass is 355 g/mol. The maximum Gasteiger partial charge on any atom is 0.0786 e. The van der Waals surface area contributed by atoms with Crippen molar-refractivity contribution >= 4 is 44.5 Å². The van der Waals surface area contributed by atoms with Crippen LogP contribution in [0.3, 0.4) is 0 Å². The Balaban J connectivity index is 1.42. The maximum atomic E-state index is 4.72. The van der Waals surface area contributed by atoms with Crippen molar-refractivity contribution in [2.75, 3.05) is 5.75 Å². The number of fused-ring (bicyclic) bond motifs is 2. The van der Waals surface area contributed by atoms with E-state index >= 15 is 0 Å². The average Bonchev–Trinajstić information content (AvgIpc) is 3.07. The lowest BCUT2D eigenvalue weighted by molar-refractivity contribution is 1.20. The van der Waals surface area contributed by atoms with Gasteiger partial charge in [-0.1, -0.05) is 51.8 Å². The summed E-state index contributed by atoms with van der Waals surface area (Å²) in [7, 11) is 0. The van der Waals surface area contributed by atoms with E-state index in [2.05, 4.69) is 64.5 Å². The second kappa shape index (κ2) is 5.47. The molecule has 1 aliphatic heterocycles. The van der Waals surface area contributed by atoms with Gasteiger partial charge < -0.3 is 0 Å². The molecule has 0 fully saturated rings. The topological polar surface area (TPSA) is 12.4 Å². The molecule has 0 amide bonds. The zero-order valence-corrected chi connectivity index (χ0v) is 13.9. The molecule has 4 rings (SSSR count).